The summed E-state index contributed by atoms with van der Waals surface area (Å²) in [5.41, 5.74) is 5.16. The Labute approximate surface area is 111 Å². The van der Waals surface area contributed by atoms with Crippen LogP contribution in [0.25, 0.3) is 0 Å². The molecule has 0 spiro atoms. The largest absolute Gasteiger partial charge is 0.416 e. The standard InChI is InChI=1S/C11H8ClF3N4/c12-8-9(16)17-5-18-10(8)19-7-3-1-6(2-4-7)11(13,14)15/h1-5H,(H3,16,17,18,19). The van der Waals surface area contributed by atoms with Crippen molar-refractivity contribution in [3.8, 4) is 0 Å². The maximum absolute atomic E-state index is 12.4. The zero-order chi connectivity index (χ0) is 14.0. The number of hydrogen-bond donors (Lipinski definition) is 2. The molecule has 1 aromatic heterocycles. The van der Waals surface area contributed by atoms with Gasteiger partial charge in [0.05, 0.1) is 5.56 Å². The van der Waals surface area contributed by atoms with Crippen LogP contribution in [0.4, 0.5) is 30.5 Å². The molecule has 3 N–H and O–H groups in total. The minimum Gasteiger partial charge on any atom is -0.382 e. The molecule has 0 aliphatic heterocycles. The van der Waals surface area contributed by atoms with Gasteiger partial charge in [-0.25, -0.2) is 9.97 Å². The van der Waals surface area contributed by atoms with Crippen molar-refractivity contribution in [3.05, 3.63) is 41.2 Å². The van der Waals surface area contributed by atoms with Crippen LogP contribution in [-0.4, -0.2) is 9.97 Å². The lowest BCUT2D eigenvalue weighted by molar-refractivity contribution is -0.137. The van der Waals surface area contributed by atoms with Gasteiger partial charge in [-0.15, -0.1) is 0 Å². The van der Waals surface area contributed by atoms with Crippen LogP contribution in [-0.2, 0) is 6.18 Å². The third-order valence-corrected chi connectivity index (χ3v) is 2.66. The van der Waals surface area contributed by atoms with Crippen molar-refractivity contribution in [2.24, 2.45) is 0 Å². The topological polar surface area (TPSA) is 63.8 Å². The van der Waals surface area contributed by atoms with Crippen LogP contribution in [0, 0.1) is 0 Å². The first-order chi connectivity index (χ1) is 8.88. The van der Waals surface area contributed by atoms with Crippen LogP contribution in [0.15, 0.2) is 30.6 Å². The highest BCUT2D eigenvalue weighted by molar-refractivity contribution is 6.35. The predicted molar refractivity (Wildman–Crippen MR) is 66.2 cm³/mol. The number of anilines is 3. The van der Waals surface area contributed by atoms with Gasteiger partial charge in [0.2, 0.25) is 0 Å². The van der Waals surface area contributed by atoms with Crippen molar-refractivity contribution >= 4 is 28.9 Å². The van der Waals surface area contributed by atoms with E-state index in [0.717, 1.165) is 12.1 Å². The van der Waals surface area contributed by atoms with Crippen molar-refractivity contribution in [1.29, 1.82) is 0 Å². The first kappa shape index (κ1) is 13.4. The zero-order valence-corrected chi connectivity index (χ0v) is 10.1. The highest BCUT2D eigenvalue weighted by Crippen LogP contribution is 2.31. The summed E-state index contributed by atoms with van der Waals surface area (Å²) >= 11 is 5.85. The number of nitrogens with two attached hydrogens (primary N) is 1. The second-order valence-corrected chi connectivity index (χ2v) is 4.00. The highest BCUT2D eigenvalue weighted by Gasteiger charge is 2.29. The van der Waals surface area contributed by atoms with E-state index in [-0.39, 0.29) is 16.7 Å². The number of halogens is 4. The fourth-order valence-electron chi connectivity index (χ4n) is 1.35. The van der Waals surface area contributed by atoms with Crippen LogP contribution in [0.2, 0.25) is 5.02 Å². The lowest BCUT2D eigenvalue weighted by Crippen LogP contribution is -2.05. The number of aromatic nitrogens is 2. The molecule has 4 nitrogen and oxygen atoms in total. The fourth-order valence-corrected chi connectivity index (χ4v) is 1.49. The molecule has 0 atom stereocenters. The van der Waals surface area contributed by atoms with E-state index in [2.05, 4.69) is 15.3 Å². The minimum absolute atomic E-state index is 0.0890. The Balaban J connectivity index is 2.23. The first-order valence-electron chi connectivity index (χ1n) is 5.08. The van der Waals surface area contributed by atoms with E-state index in [9.17, 15) is 13.2 Å². The molecule has 1 aromatic carbocycles. The number of nitrogens with zero attached hydrogens (tertiary/aromatic N) is 2. The van der Waals surface area contributed by atoms with E-state index in [0.29, 0.717) is 5.69 Å². The summed E-state index contributed by atoms with van der Waals surface area (Å²) in [5, 5.41) is 2.87. The van der Waals surface area contributed by atoms with Gasteiger partial charge in [-0.3, -0.25) is 0 Å². The SMILES string of the molecule is Nc1ncnc(Nc2ccc(C(F)(F)F)cc2)c1Cl. The second kappa shape index (κ2) is 4.93. The van der Waals surface area contributed by atoms with E-state index in [1.807, 2.05) is 0 Å². The van der Waals surface area contributed by atoms with E-state index < -0.39 is 11.7 Å². The van der Waals surface area contributed by atoms with Crippen LogP contribution >= 0.6 is 11.6 Å². The Morgan fingerprint density at radius 3 is 2.32 bits per heavy atom. The van der Waals surface area contributed by atoms with Gasteiger partial charge in [0.1, 0.15) is 17.2 Å². The van der Waals surface area contributed by atoms with E-state index in [1.165, 1.54) is 18.5 Å². The summed E-state index contributed by atoms with van der Waals surface area (Å²) in [6.45, 7) is 0. The molecule has 0 saturated carbocycles. The molecule has 0 aliphatic carbocycles. The average Bonchev–Trinajstić information content (AvgIpc) is 2.35. The fraction of sp³-hybridized carbons (Fsp3) is 0.0909. The van der Waals surface area contributed by atoms with Gasteiger partial charge in [0.15, 0.2) is 5.82 Å². The lowest BCUT2D eigenvalue weighted by atomic mass is 10.2. The van der Waals surface area contributed by atoms with Gasteiger partial charge in [-0.2, -0.15) is 13.2 Å². The van der Waals surface area contributed by atoms with Gasteiger partial charge in [0, 0.05) is 5.69 Å². The smallest absolute Gasteiger partial charge is 0.382 e. The molecule has 0 radical (unpaired) electrons. The Morgan fingerprint density at radius 1 is 1.11 bits per heavy atom. The first-order valence-corrected chi connectivity index (χ1v) is 5.46. The maximum atomic E-state index is 12.4. The van der Waals surface area contributed by atoms with Gasteiger partial charge in [-0.05, 0) is 24.3 Å². The van der Waals surface area contributed by atoms with Crippen LogP contribution in [0.3, 0.4) is 0 Å². The number of alkyl halides is 3. The number of nitrogen functional groups attached to an aromatic ring is 1. The molecule has 19 heavy (non-hydrogen) atoms. The molecule has 1 heterocycles. The molecule has 0 amide bonds. The van der Waals surface area contributed by atoms with Crippen molar-refractivity contribution in [1.82, 2.24) is 9.97 Å². The van der Waals surface area contributed by atoms with Crippen LogP contribution in [0.1, 0.15) is 5.56 Å². The monoisotopic (exact) mass is 288 g/mol. The minimum atomic E-state index is -4.37. The number of hydrogen-bond acceptors (Lipinski definition) is 4. The van der Waals surface area contributed by atoms with Crippen LogP contribution in [0.5, 0.6) is 0 Å². The molecule has 2 rings (SSSR count). The summed E-state index contributed by atoms with van der Waals surface area (Å²) in [6.07, 6.45) is -3.16. The van der Waals surface area contributed by atoms with E-state index in [4.69, 9.17) is 17.3 Å². The molecular formula is C11H8ClF3N4. The summed E-state index contributed by atoms with van der Waals surface area (Å²) in [4.78, 5) is 7.52. The zero-order valence-electron chi connectivity index (χ0n) is 9.37. The Kier molecular flexibility index (Phi) is 3.48. The Hall–Kier alpha value is -2.02. The summed E-state index contributed by atoms with van der Waals surface area (Å²) in [5.74, 6) is 0.319. The number of benzene rings is 1. The normalized spacial score (nSPS) is 11.4. The van der Waals surface area contributed by atoms with E-state index in [1.54, 1.807) is 0 Å². The molecule has 100 valence electrons. The lowest BCUT2D eigenvalue weighted by Gasteiger charge is -2.10. The average molecular weight is 289 g/mol. The highest BCUT2D eigenvalue weighted by atomic mass is 35.5. The summed E-state index contributed by atoms with van der Waals surface area (Å²) < 4.78 is 37.2. The molecule has 2 aromatic rings. The predicted octanol–water partition coefficient (Wildman–Crippen LogP) is 3.47. The molecule has 8 heteroatoms. The van der Waals surface area contributed by atoms with Crippen molar-refractivity contribution in [3.63, 3.8) is 0 Å². The molecule has 0 saturated heterocycles. The number of rotatable bonds is 2. The summed E-state index contributed by atoms with van der Waals surface area (Å²) in [7, 11) is 0. The second-order valence-electron chi connectivity index (χ2n) is 3.62. The van der Waals surface area contributed by atoms with Crippen molar-refractivity contribution in [2.45, 2.75) is 6.18 Å². The maximum Gasteiger partial charge on any atom is 0.416 e. The third kappa shape index (κ3) is 3.05. The van der Waals surface area contributed by atoms with Gasteiger partial charge < -0.3 is 11.1 Å². The Morgan fingerprint density at radius 2 is 1.74 bits per heavy atom. The quantitative estimate of drug-likeness (QED) is 0.888. The molecule has 0 fully saturated rings. The Bertz CT molecular complexity index is 583. The third-order valence-electron chi connectivity index (χ3n) is 2.29. The number of nitrogens with one attached hydrogen (secondary N) is 1. The van der Waals surface area contributed by atoms with Crippen molar-refractivity contribution in [2.75, 3.05) is 11.1 Å². The van der Waals surface area contributed by atoms with E-state index >= 15 is 0 Å². The van der Waals surface area contributed by atoms with Crippen LogP contribution < -0.4 is 11.1 Å². The molecule has 0 aliphatic rings. The molecule has 0 unspecified atom stereocenters. The van der Waals surface area contributed by atoms with Gasteiger partial charge in [0.25, 0.3) is 0 Å². The summed E-state index contributed by atoms with van der Waals surface area (Å²) in [6, 6.07) is 4.47. The van der Waals surface area contributed by atoms with Gasteiger partial charge in [-0.1, -0.05) is 11.6 Å². The van der Waals surface area contributed by atoms with Crippen molar-refractivity contribution < 1.29 is 13.2 Å². The molecular weight excluding hydrogens is 281 g/mol. The molecule has 0 bridgehead atoms. The van der Waals surface area contributed by atoms with Gasteiger partial charge >= 0.3 is 6.18 Å².